The number of aliphatic hydroxyl groups excluding tert-OH is 1. The standard InChI is InChI=1S/C16H23ClFN5OS2/c17-12-7-15(26-23-16-22-5-6-25-16)13(18)8-14(12)21-4-2-1-3-20-10-11(24)9-19/h5-8,11,20-21,24H,1-4,9-10,19H2,(H,22,23). The Morgan fingerprint density at radius 1 is 1.35 bits per heavy atom. The number of unbranched alkanes of at least 4 members (excludes halogenated alkanes) is 1. The van der Waals surface area contributed by atoms with Crippen molar-refractivity contribution >= 4 is 45.7 Å². The van der Waals surface area contributed by atoms with Crippen LogP contribution in [0.1, 0.15) is 12.8 Å². The fraction of sp³-hybridized carbons (Fsp3) is 0.438. The van der Waals surface area contributed by atoms with Crippen molar-refractivity contribution in [1.29, 1.82) is 0 Å². The highest BCUT2D eigenvalue weighted by molar-refractivity contribution is 8.00. The molecule has 6 nitrogen and oxygen atoms in total. The molecule has 0 radical (unpaired) electrons. The molecule has 1 atom stereocenters. The molecule has 0 fully saturated rings. The van der Waals surface area contributed by atoms with Crippen molar-refractivity contribution in [2.45, 2.75) is 23.8 Å². The molecule has 2 aromatic rings. The van der Waals surface area contributed by atoms with Gasteiger partial charge in [-0.05, 0) is 43.5 Å². The van der Waals surface area contributed by atoms with Gasteiger partial charge in [-0.15, -0.1) is 11.3 Å². The molecule has 0 saturated carbocycles. The number of anilines is 2. The van der Waals surface area contributed by atoms with Gasteiger partial charge in [0.25, 0.3) is 0 Å². The lowest BCUT2D eigenvalue weighted by molar-refractivity contribution is 0.179. The highest BCUT2D eigenvalue weighted by Crippen LogP contribution is 2.32. The summed E-state index contributed by atoms with van der Waals surface area (Å²) in [6, 6.07) is 3.00. The Morgan fingerprint density at radius 2 is 2.15 bits per heavy atom. The summed E-state index contributed by atoms with van der Waals surface area (Å²) in [4.78, 5) is 4.50. The van der Waals surface area contributed by atoms with Crippen LogP contribution in [0.3, 0.4) is 0 Å². The molecule has 0 saturated heterocycles. The Morgan fingerprint density at radius 3 is 2.88 bits per heavy atom. The number of thiazole rings is 1. The second-order valence-electron chi connectivity index (χ2n) is 5.53. The third-order valence-corrected chi connectivity index (χ3v) is 5.41. The minimum absolute atomic E-state index is 0.256. The zero-order chi connectivity index (χ0) is 18.8. The molecule has 1 aromatic carbocycles. The van der Waals surface area contributed by atoms with Crippen LogP contribution >= 0.6 is 34.9 Å². The normalized spacial score (nSPS) is 12.2. The van der Waals surface area contributed by atoms with E-state index in [9.17, 15) is 9.50 Å². The van der Waals surface area contributed by atoms with Crippen molar-refractivity contribution < 1.29 is 9.50 Å². The van der Waals surface area contributed by atoms with Crippen molar-refractivity contribution in [2.24, 2.45) is 5.73 Å². The van der Waals surface area contributed by atoms with E-state index in [1.807, 2.05) is 5.38 Å². The van der Waals surface area contributed by atoms with Gasteiger partial charge < -0.3 is 26.2 Å². The van der Waals surface area contributed by atoms with Crippen LogP contribution in [0.5, 0.6) is 0 Å². The molecule has 10 heteroatoms. The predicted molar refractivity (Wildman–Crippen MR) is 109 cm³/mol. The van der Waals surface area contributed by atoms with E-state index < -0.39 is 6.10 Å². The van der Waals surface area contributed by atoms with Crippen LogP contribution in [0.4, 0.5) is 15.2 Å². The van der Waals surface area contributed by atoms with Crippen LogP contribution in [-0.2, 0) is 0 Å². The van der Waals surface area contributed by atoms with Crippen LogP contribution in [0.25, 0.3) is 0 Å². The van der Waals surface area contributed by atoms with Gasteiger partial charge in [0.05, 0.1) is 21.7 Å². The topological polar surface area (TPSA) is 95.2 Å². The molecule has 1 aromatic heterocycles. The van der Waals surface area contributed by atoms with Gasteiger partial charge in [0.15, 0.2) is 5.13 Å². The Bertz CT molecular complexity index is 662. The average Bonchev–Trinajstić information content (AvgIpc) is 3.15. The molecule has 0 aliphatic rings. The van der Waals surface area contributed by atoms with E-state index in [1.165, 1.54) is 17.4 Å². The van der Waals surface area contributed by atoms with Crippen LogP contribution in [0, 0.1) is 5.82 Å². The number of aliphatic hydroxyl groups is 1. The maximum atomic E-state index is 14.2. The molecule has 0 bridgehead atoms. The molecule has 1 heterocycles. The average molecular weight is 420 g/mol. The number of hydrogen-bond donors (Lipinski definition) is 5. The first-order valence-electron chi connectivity index (χ1n) is 8.24. The Balaban J connectivity index is 1.71. The first kappa shape index (κ1) is 21.2. The van der Waals surface area contributed by atoms with Crippen LogP contribution in [0.15, 0.2) is 28.6 Å². The minimum atomic E-state index is -0.503. The van der Waals surface area contributed by atoms with E-state index in [-0.39, 0.29) is 12.4 Å². The van der Waals surface area contributed by atoms with Crippen LogP contribution < -0.4 is 21.1 Å². The number of halogens is 2. The van der Waals surface area contributed by atoms with Gasteiger partial charge in [0.2, 0.25) is 0 Å². The zero-order valence-electron chi connectivity index (χ0n) is 14.2. The number of nitrogens with two attached hydrogens (primary N) is 1. The van der Waals surface area contributed by atoms with Gasteiger partial charge in [0, 0.05) is 31.2 Å². The summed E-state index contributed by atoms with van der Waals surface area (Å²) in [6.45, 7) is 2.23. The van der Waals surface area contributed by atoms with E-state index in [0.29, 0.717) is 33.8 Å². The highest BCUT2D eigenvalue weighted by atomic mass is 35.5. The molecule has 2 rings (SSSR count). The summed E-state index contributed by atoms with van der Waals surface area (Å²) in [6.07, 6.45) is 3.00. The molecule has 0 aliphatic carbocycles. The second kappa shape index (κ2) is 11.6. The monoisotopic (exact) mass is 419 g/mol. The van der Waals surface area contributed by atoms with Gasteiger partial charge in [-0.1, -0.05) is 11.6 Å². The summed E-state index contributed by atoms with van der Waals surface area (Å²) < 4.78 is 17.2. The Kier molecular flexibility index (Phi) is 9.44. The minimum Gasteiger partial charge on any atom is -0.390 e. The zero-order valence-corrected chi connectivity index (χ0v) is 16.6. The molecule has 144 valence electrons. The number of rotatable bonds is 12. The Labute approximate surface area is 165 Å². The largest absolute Gasteiger partial charge is 0.390 e. The SMILES string of the molecule is NCC(O)CNCCCCNc1cc(F)c(SNc2nccs2)cc1Cl. The number of hydrogen-bond acceptors (Lipinski definition) is 8. The molecule has 6 N–H and O–H groups in total. The molecule has 0 amide bonds. The van der Waals surface area contributed by atoms with Crippen molar-refractivity contribution in [3.8, 4) is 0 Å². The van der Waals surface area contributed by atoms with E-state index in [1.54, 1.807) is 12.3 Å². The number of aromatic nitrogens is 1. The van der Waals surface area contributed by atoms with E-state index >= 15 is 0 Å². The summed E-state index contributed by atoms with van der Waals surface area (Å²) in [5, 5.41) is 18.6. The number of benzene rings is 1. The van der Waals surface area contributed by atoms with Crippen molar-refractivity contribution in [2.75, 3.05) is 36.2 Å². The summed E-state index contributed by atoms with van der Waals surface area (Å²) in [5.74, 6) is -0.344. The lowest BCUT2D eigenvalue weighted by atomic mass is 10.2. The van der Waals surface area contributed by atoms with Gasteiger partial charge in [0.1, 0.15) is 5.82 Å². The summed E-state index contributed by atoms with van der Waals surface area (Å²) in [5.41, 5.74) is 5.91. The van der Waals surface area contributed by atoms with Crippen LogP contribution in [0.2, 0.25) is 5.02 Å². The number of nitrogens with one attached hydrogen (secondary N) is 3. The van der Waals surface area contributed by atoms with Crippen molar-refractivity contribution in [1.82, 2.24) is 10.3 Å². The first-order chi connectivity index (χ1) is 12.6. The van der Waals surface area contributed by atoms with E-state index in [4.69, 9.17) is 17.3 Å². The molecule has 1 unspecified atom stereocenters. The summed E-state index contributed by atoms with van der Waals surface area (Å²) >= 11 is 8.82. The molecular weight excluding hydrogens is 397 g/mol. The summed E-state index contributed by atoms with van der Waals surface area (Å²) in [7, 11) is 0. The van der Waals surface area contributed by atoms with Crippen molar-refractivity contribution in [3.05, 3.63) is 34.5 Å². The highest BCUT2D eigenvalue weighted by Gasteiger charge is 2.10. The maximum absolute atomic E-state index is 14.2. The second-order valence-corrected chi connectivity index (χ2v) is 7.68. The third-order valence-electron chi connectivity index (χ3n) is 3.45. The lowest BCUT2D eigenvalue weighted by Gasteiger charge is -2.12. The molecule has 0 aliphatic heterocycles. The lowest BCUT2D eigenvalue weighted by Crippen LogP contribution is -2.33. The Hall–Kier alpha value is -1.10. The molecule has 26 heavy (non-hydrogen) atoms. The maximum Gasteiger partial charge on any atom is 0.192 e. The van der Waals surface area contributed by atoms with Gasteiger partial charge in [-0.25, -0.2) is 9.37 Å². The van der Waals surface area contributed by atoms with E-state index in [2.05, 4.69) is 20.3 Å². The smallest absolute Gasteiger partial charge is 0.192 e. The van der Waals surface area contributed by atoms with Gasteiger partial charge in [-0.2, -0.15) is 0 Å². The van der Waals surface area contributed by atoms with E-state index in [0.717, 1.165) is 31.3 Å². The van der Waals surface area contributed by atoms with Gasteiger partial charge in [-0.3, -0.25) is 0 Å². The number of nitrogens with zero attached hydrogens (tertiary/aromatic N) is 1. The quantitative estimate of drug-likeness (QED) is 0.266. The molecule has 0 spiro atoms. The fourth-order valence-corrected chi connectivity index (χ4v) is 3.63. The predicted octanol–water partition coefficient (Wildman–Crippen LogP) is 3.16. The third kappa shape index (κ3) is 7.26. The molecular formula is C16H23ClFN5OS2. The first-order valence-corrected chi connectivity index (χ1v) is 10.3. The van der Waals surface area contributed by atoms with Crippen molar-refractivity contribution in [3.63, 3.8) is 0 Å². The van der Waals surface area contributed by atoms with Gasteiger partial charge >= 0.3 is 0 Å². The fourth-order valence-electron chi connectivity index (χ4n) is 2.06. The van der Waals surface area contributed by atoms with Crippen LogP contribution in [-0.4, -0.2) is 42.4 Å².